The molecule has 108 valence electrons. The molecule has 0 bridgehead atoms. The Bertz CT molecular complexity index is 458. The summed E-state index contributed by atoms with van der Waals surface area (Å²) in [6.07, 6.45) is 2.49. The second-order valence-corrected chi connectivity index (χ2v) is 5.26. The van der Waals surface area contributed by atoms with Crippen molar-refractivity contribution >= 4 is 11.9 Å². The number of methoxy groups -OCH3 is 1. The van der Waals surface area contributed by atoms with Crippen molar-refractivity contribution in [3.8, 4) is 0 Å². The number of esters is 1. The van der Waals surface area contributed by atoms with Gasteiger partial charge in [0.1, 0.15) is 0 Å². The summed E-state index contributed by atoms with van der Waals surface area (Å²) in [5.74, 6) is 0.267. The Kier molecular flexibility index (Phi) is 5.16. The Hall–Kier alpha value is -1.84. The molecule has 0 aromatic heterocycles. The van der Waals surface area contributed by atoms with Gasteiger partial charge in [-0.1, -0.05) is 30.3 Å². The number of carbonyl (C=O) groups excluding carboxylic acids is 2. The zero-order chi connectivity index (χ0) is 14.4. The van der Waals surface area contributed by atoms with Crippen molar-refractivity contribution in [3.63, 3.8) is 0 Å². The van der Waals surface area contributed by atoms with Crippen molar-refractivity contribution in [2.75, 3.05) is 20.2 Å². The van der Waals surface area contributed by atoms with Gasteiger partial charge >= 0.3 is 5.97 Å². The lowest BCUT2D eigenvalue weighted by Crippen LogP contribution is -2.29. The fourth-order valence-electron chi connectivity index (χ4n) is 2.64. The van der Waals surface area contributed by atoms with E-state index in [1.807, 2.05) is 23.1 Å². The van der Waals surface area contributed by atoms with E-state index in [1.54, 1.807) is 0 Å². The summed E-state index contributed by atoms with van der Waals surface area (Å²) in [5.41, 5.74) is 1.32. The third kappa shape index (κ3) is 4.08. The normalized spacial score (nSPS) is 18.1. The highest BCUT2D eigenvalue weighted by molar-refractivity contribution is 5.81. The first-order valence-electron chi connectivity index (χ1n) is 7.07. The van der Waals surface area contributed by atoms with Gasteiger partial charge in [0.25, 0.3) is 0 Å². The minimum absolute atomic E-state index is 0.0611. The Morgan fingerprint density at radius 2 is 2.00 bits per heavy atom. The summed E-state index contributed by atoms with van der Waals surface area (Å²) in [6.45, 7) is 1.60. The number of nitrogens with zero attached hydrogens (tertiary/aromatic N) is 1. The van der Waals surface area contributed by atoms with Crippen molar-refractivity contribution in [2.24, 2.45) is 5.92 Å². The number of hydrogen-bond donors (Lipinski definition) is 0. The lowest BCUT2D eigenvalue weighted by Gasteiger charge is -2.16. The highest BCUT2D eigenvalue weighted by Crippen LogP contribution is 2.21. The summed E-state index contributed by atoms with van der Waals surface area (Å²) < 4.78 is 4.55. The third-order valence-electron chi connectivity index (χ3n) is 3.78. The number of amides is 1. The summed E-state index contributed by atoms with van der Waals surface area (Å²) >= 11 is 0. The number of rotatable bonds is 5. The molecular formula is C16H21NO3. The van der Waals surface area contributed by atoms with E-state index in [0.29, 0.717) is 5.92 Å². The molecule has 1 aliphatic rings. The van der Waals surface area contributed by atoms with Crippen molar-refractivity contribution in [3.05, 3.63) is 35.9 Å². The molecule has 0 aliphatic carbocycles. The van der Waals surface area contributed by atoms with Gasteiger partial charge in [0.15, 0.2) is 0 Å². The molecule has 20 heavy (non-hydrogen) atoms. The Morgan fingerprint density at radius 3 is 2.70 bits per heavy atom. The summed E-state index contributed by atoms with van der Waals surface area (Å²) in [4.78, 5) is 24.9. The van der Waals surface area contributed by atoms with Crippen LogP contribution in [0.1, 0.15) is 24.8 Å². The molecule has 4 heteroatoms. The van der Waals surface area contributed by atoms with Gasteiger partial charge in [-0.2, -0.15) is 0 Å². The predicted octanol–water partition coefficient (Wildman–Crippen LogP) is 2.03. The molecule has 0 N–H and O–H groups in total. The predicted molar refractivity (Wildman–Crippen MR) is 76.1 cm³/mol. The van der Waals surface area contributed by atoms with E-state index in [2.05, 4.69) is 16.9 Å². The maximum Gasteiger partial charge on any atom is 0.306 e. The van der Waals surface area contributed by atoms with Crippen LogP contribution in [0.25, 0.3) is 0 Å². The van der Waals surface area contributed by atoms with Crippen LogP contribution in [0.3, 0.4) is 0 Å². The lowest BCUT2D eigenvalue weighted by molar-refractivity contribution is -0.143. The fourth-order valence-corrected chi connectivity index (χ4v) is 2.64. The zero-order valence-electron chi connectivity index (χ0n) is 11.9. The number of benzene rings is 1. The molecule has 0 spiro atoms. The van der Waals surface area contributed by atoms with Crippen LogP contribution in [0.5, 0.6) is 0 Å². The van der Waals surface area contributed by atoms with Crippen LogP contribution in [-0.2, 0) is 20.7 Å². The van der Waals surface area contributed by atoms with Crippen LogP contribution in [0.15, 0.2) is 30.3 Å². The second-order valence-electron chi connectivity index (χ2n) is 5.26. The van der Waals surface area contributed by atoms with Gasteiger partial charge in [-0.3, -0.25) is 9.59 Å². The molecule has 1 fully saturated rings. The van der Waals surface area contributed by atoms with Crippen molar-refractivity contribution in [1.29, 1.82) is 0 Å². The molecule has 2 rings (SSSR count). The Labute approximate surface area is 119 Å². The second kappa shape index (κ2) is 7.08. The largest absolute Gasteiger partial charge is 0.469 e. The molecule has 0 saturated carbocycles. The highest BCUT2D eigenvalue weighted by atomic mass is 16.5. The van der Waals surface area contributed by atoms with Gasteiger partial charge in [0.2, 0.25) is 5.91 Å². The molecule has 1 aromatic rings. The molecule has 1 saturated heterocycles. The first kappa shape index (κ1) is 14.6. The van der Waals surface area contributed by atoms with Gasteiger partial charge in [-0.15, -0.1) is 0 Å². The first-order valence-corrected chi connectivity index (χ1v) is 7.07. The minimum atomic E-state index is -0.321. The van der Waals surface area contributed by atoms with E-state index in [1.165, 1.54) is 12.7 Å². The van der Waals surface area contributed by atoms with Gasteiger partial charge < -0.3 is 9.64 Å². The molecule has 1 atom stereocenters. The number of carbonyl (C=O) groups is 2. The summed E-state index contributed by atoms with van der Waals surface area (Å²) in [7, 11) is 1.35. The lowest BCUT2D eigenvalue weighted by atomic mass is 9.99. The summed E-state index contributed by atoms with van der Waals surface area (Å²) in [5, 5.41) is 0. The van der Waals surface area contributed by atoms with E-state index < -0.39 is 0 Å². The average Bonchev–Trinajstić information content (AvgIpc) is 2.94. The van der Waals surface area contributed by atoms with Crippen LogP contribution in [0.4, 0.5) is 0 Å². The summed E-state index contributed by atoms with van der Waals surface area (Å²) in [6, 6.07) is 10.4. The Morgan fingerprint density at radius 1 is 1.25 bits per heavy atom. The van der Waals surface area contributed by atoms with Gasteiger partial charge in [-0.05, 0) is 24.3 Å². The first-order chi connectivity index (χ1) is 9.69. The molecule has 1 aromatic carbocycles. The van der Waals surface area contributed by atoms with Crippen LogP contribution in [0.2, 0.25) is 0 Å². The molecular weight excluding hydrogens is 254 g/mol. The number of likely N-dealkylation sites (tertiary alicyclic amines) is 1. The van der Waals surface area contributed by atoms with Gasteiger partial charge in [-0.25, -0.2) is 0 Å². The molecule has 0 radical (unpaired) electrons. The van der Waals surface area contributed by atoms with E-state index in [4.69, 9.17) is 0 Å². The van der Waals surface area contributed by atoms with E-state index >= 15 is 0 Å². The maximum absolute atomic E-state index is 12.0. The highest BCUT2D eigenvalue weighted by Gasteiger charge is 2.26. The fraction of sp³-hybridized carbons (Fsp3) is 0.500. The van der Waals surface area contributed by atoms with Crippen LogP contribution >= 0.6 is 0 Å². The molecule has 4 nitrogen and oxygen atoms in total. The van der Waals surface area contributed by atoms with Crippen molar-refractivity contribution in [1.82, 2.24) is 4.90 Å². The molecule has 1 aliphatic heterocycles. The topological polar surface area (TPSA) is 46.6 Å². The zero-order valence-corrected chi connectivity index (χ0v) is 11.9. The molecule has 0 unspecified atom stereocenters. The third-order valence-corrected chi connectivity index (χ3v) is 3.78. The Balaban J connectivity index is 1.77. The number of ether oxygens (including phenoxy) is 1. The number of hydrogen-bond acceptors (Lipinski definition) is 3. The van der Waals surface area contributed by atoms with Crippen molar-refractivity contribution in [2.45, 2.75) is 25.7 Å². The van der Waals surface area contributed by atoms with E-state index in [0.717, 1.165) is 25.9 Å². The standard InChI is InChI=1S/C16H21NO3/c1-20-16(19)8-7-15(18)17-10-9-14(12-17)11-13-5-3-2-4-6-13/h2-6,14H,7-12H2,1H3/t14-/m1/s1. The SMILES string of the molecule is COC(=O)CCC(=O)N1CC[C@H](Cc2ccccc2)C1. The van der Waals surface area contributed by atoms with Crippen LogP contribution in [0, 0.1) is 5.92 Å². The smallest absolute Gasteiger partial charge is 0.306 e. The van der Waals surface area contributed by atoms with E-state index in [-0.39, 0.29) is 24.7 Å². The monoisotopic (exact) mass is 275 g/mol. The van der Waals surface area contributed by atoms with Crippen LogP contribution < -0.4 is 0 Å². The van der Waals surface area contributed by atoms with E-state index in [9.17, 15) is 9.59 Å². The minimum Gasteiger partial charge on any atom is -0.469 e. The average molecular weight is 275 g/mol. The quantitative estimate of drug-likeness (QED) is 0.772. The maximum atomic E-state index is 12.0. The van der Waals surface area contributed by atoms with Gasteiger partial charge in [0.05, 0.1) is 13.5 Å². The molecule has 1 heterocycles. The van der Waals surface area contributed by atoms with Gasteiger partial charge in [0, 0.05) is 19.5 Å². The van der Waals surface area contributed by atoms with Crippen LogP contribution in [-0.4, -0.2) is 37.0 Å². The van der Waals surface area contributed by atoms with Crippen molar-refractivity contribution < 1.29 is 14.3 Å². The molecule has 1 amide bonds.